The minimum atomic E-state index is -1.05. The first-order chi connectivity index (χ1) is 12.9. The number of hydrogen-bond acceptors (Lipinski definition) is 3. The molecule has 1 aromatic heterocycles. The maximum absolute atomic E-state index is 13.7. The zero-order valence-corrected chi connectivity index (χ0v) is 15.6. The van der Waals surface area contributed by atoms with E-state index in [2.05, 4.69) is 5.10 Å². The number of carbonyl (C=O) groups excluding carboxylic acids is 1. The molecular formula is C20H24FN3O3. The van der Waals surface area contributed by atoms with Gasteiger partial charge in [-0.1, -0.05) is 19.9 Å². The van der Waals surface area contributed by atoms with E-state index in [4.69, 9.17) is 0 Å². The van der Waals surface area contributed by atoms with E-state index in [1.807, 2.05) is 13.8 Å². The molecule has 0 bridgehead atoms. The predicted octanol–water partition coefficient (Wildman–Crippen LogP) is 3.07. The average molecular weight is 373 g/mol. The van der Waals surface area contributed by atoms with E-state index in [1.54, 1.807) is 16.8 Å². The van der Waals surface area contributed by atoms with Crippen molar-refractivity contribution >= 4 is 11.9 Å². The van der Waals surface area contributed by atoms with Gasteiger partial charge < -0.3 is 10.0 Å². The van der Waals surface area contributed by atoms with Gasteiger partial charge in [-0.15, -0.1) is 0 Å². The molecule has 0 saturated heterocycles. The van der Waals surface area contributed by atoms with Gasteiger partial charge in [0.1, 0.15) is 12.4 Å². The Bertz CT molecular complexity index is 860. The average Bonchev–Trinajstić information content (AvgIpc) is 2.99. The number of hydrogen-bond donors (Lipinski definition) is 1. The Morgan fingerprint density at radius 2 is 2.04 bits per heavy atom. The van der Waals surface area contributed by atoms with Crippen LogP contribution in [0.25, 0.3) is 5.69 Å². The molecule has 144 valence electrons. The van der Waals surface area contributed by atoms with Crippen molar-refractivity contribution in [2.75, 3.05) is 13.1 Å². The Morgan fingerprint density at radius 3 is 2.70 bits per heavy atom. The Morgan fingerprint density at radius 1 is 1.30 bits per heavy atom. The molecule has 0 radical (unpaired) electrons. The predicted molar refractivity (Wildman–Crippen MR) is 98.5 cm³/mol. The molecule has 1 aromatic carbocycles. The topological polar surface area (TPSA) is 75.4 Å². The molecule has 1 aliphatic rings. The molecule has 0 atom stereocenters. The Balaban J connectivity index is 2.04. The molecule has 0 fully saturated rings. The number of nitrogens with zero attached hydrogens (tertiary/aromatic N) is 3. The van der Waals surface area contributed by atoms with Gasteiger partial charge in [0, 0.05) is 17.8 Å². The number of carboxylic acid groups (broad SMARTS) is 1. The van der Waals surface area contributed by atoms with Crippen molar-refractivity contribution in [1.29, 1.82) is 0 Å². The highest BCUT2D eigenvalue weighted by atomic mass is 19.1. The zero-order chi connectivity index (χ0) is 19.6. The zero-order valence-electron chi connectivity index (χ0n) is 15.6. The number of benzene rings is 1. The Labute approximate surface area is 157 Å². The molecule has 7 heteroatoms. The second-order valence-electron chi connectivity index (χ2n) is 7.35. The summed E-state index contributed by atoms with van der Waals surface area (Å²) in [6.45, 7) is 3.84. The lowest BCUT2D eigenvalue weighted by molar-refractivity contribution is -0.137. The van der Waals surface area contributed by atoms with Crippen LogP contribution in [0, 0.1) is 11.7 Å². The van der Waals surface area contributed by atoms with Crippen molar-refractivity contribution in [3.8, 4) is 5.69 Å². The SMILES string of the molecule is CC(C)CN(CC(=O)O)C(=O)c1nn(-c2cccc(F)c2)c2c1CCCC2. The van der Waals surface area contributed by atoms with Crippen LogP contribution in [-0.4, -0.2) is 44.8 Å². The normalized spacial score (nSPS) is 13.5. The minimum absolute atomic E-state index is 0.134. The summed E-state index contributed by atoms with van der Waals surface area (Å²) in [5.41, 5.74) is 2.63. The van der Waals surface area contributed by atoms with Gasteiger partial charge in [0.15, 0.2) is 5.69 Å². The van der Waals surface area contributed by atoms with Crippen LogP contribution in [0.2, 0.25) is 0 Å². The maximum Gasteiger partial charge on any atom is 0.323 e. The second-order valence-corrected chi connectivity index (χ2v) is 7.35. The number of carboxylic acids is 1. The van der Waals surface area contributed by atoms with Crippen molar-refractivity contribution in [2.24, 2.45) is 5.92 Å². The van der Waals surface area contributed by atoms with Crippen molar-refractivity contribution in [3.63, 3.8) is 0 Å². The van der Waals surface area contributed by atoms with Gasteiger partial charge in [0.2, 0.25) is 0 Å². The lowest BCUT2D eigenvalue weighted by atomic mass is 9.95. The first kappa shape index (κ1) is 19.1. The van der Waals surface area contributed by atoms with E-state index in [0.29, 0.717) is 18.7 Å². The fourth-order valence-corrected chi connectivity index (χ4v) is 3.57. The van der Waals surface area contributed by atoms with Gasteiger partial charge in [-0.3, -0.25) is 9.59 Å². The molecule has 1 amide bonds. The Hall–Kier alpha value is -2.70. The summed E-state index contributed by atoms with van der Waals surface area (Å²) >= 11 is 0. The maximum atomic E-state index is 13.7. The van der Waals surface area contributed by atoms with E-state index < -0.39 is 5.97 Å². The molecule has 27 heavy (non-hydrogen) atoms. The number of fused-ring (bicyclic) bond motifs is 1. The molecule has 1 heterocycles. The first-order valence-corrected chi connectivity index (χ1v) is 9.24. The molecule has 3 rings (SSSR count). The monoisotopic (exact) mass is 373 g/mol. The quantitative estimate of drug-likeness (QED) is 0.844. The number of carbonyl (C=O) groups is 2. The van der Waals surface area contributed by atoms with Crippen LogP contribution in [0.4, 0.5) is 4.39 Å². The fraction of sp³-hybridized carbons (Fsp3) is 0.450. The number of rotatable bonds is 6. The summed E-state index contributed by atoms with van der Waals surface area (Å²) in [7, 11) is 0. The van der Waals surface area contributed by atoms with Crippen molar-refractivity contribution in [3.05, 3.63) is 47.0 Å². The molecule has 1 aliphatic carbocycles. The molecule has 2 aromatic rings. The lowest BCUT2D eigenvalue weighted by Gasteiger charge is -2.22. The standard InChI is InChI=1S/C20H24FN3O3/c1-13(2)11-23(12-18(25)26)20(27)19-16-8-3-4-9-17(16)24(22-19)15-7-5-6-14(21)10-15/h5-7,10,13H,3-4,8-9,11-12H2,1-2H3,(H,25,26). The van der Waals surface area contributed by atoms with Gasteiger partial charge in [0.05, 0.1) is 5.69 Å². The van der Waals surface area contributed by atoms with Crippen LogP contribution in [-0.2, 0) is 17.6 Å². The highest BCUT2D eigenvalue weighted by molar-refractivity contribution is 5.95. The molecular weight excluding hydrogens is 349 g/mol. The van der Waals surface area contributed by atoms with Gasteiger partial charge in [-0.25, -0.2) is 9.07 Å². The number of aliphatic carboxylic acids is 1. The molecule has 1 N–H and O–H groups in total. The summed E-state index contributed by atoms with van der Waals surface area (Å²) in [5.74, 6) is -1.66. The highest BCUT2D eigenvalue weighted by Crippen LogP contribution is 2.28. The van der Waals surface area contributed by atoms with Crippen LogP contribution >= 0.6 is 0 Å². The summed E-state index contributed by atoms with van der Waals surface area (Å²) < 4.78 is 15.3. The third kappa shape index (κ3) is 4.18. The van der Waals surface area contributed by atoms with E-state index in [1.165, 1.54) is 17.0 Å². The second kappa shape index (κ2) is 7.90. The van der Waals surface area contributed by atoms with Gasteiger partial charge >= 0.3 is 5.97 Å². The van der Waals surface area contributed by atoms with Crippen LogP contribution in [0.15, 0.2) is 24.3 Å². The van der Waals surface area contributed by atoms with Gasteiger partial charge in [-0.2, -0.15) is 5.10 Å². The molecule has 0 saturated carbocycles. The van der Waals surface area contributed by atoms with Crippen LogP contribution in [0.3, 0.4) is 0 Å². The third-order valence-electron chi connectivity index (χ3n) is 4.63. The highest BCUT2D eigenvalue weighted by Gasteiger charge is 2.29. The van der Waals surface area contributed by atoms with E-state index in [-0.39, 0.29) is 29.9 Å². The lowest BCUT2D eigenvalue weighted by Crippen LogP contribution is -2.39. The van der Waals surface area contributed by atoms with Crippen LogP contribution in [0.1, 0.15) is 48.4 Å². The number of aromatic nitrogens is 2. The minimum Gasteiger partial charge on any atom is -0.480 e. The molecule has 0 unspecified atom stereocenters. The smallest absolute Gasteiger partial charge is 0.323 e. The summed E-state index contributed by atoms with van der Waals surface area (Å²) in [6.07, 6.45) is 3.40. The van der Waals surface area contributed by atoms with Crippen molar-refractivity contribution < 1.29 is 19.1 Å². The number of halogens is 1. The van der Waals surface area contributed by atoms with Crippen molar-refractivity contribution in [2.45, 2.75) is 39.5 Å². The van der Waals surface area contributed by atoms with Crippen molar-refractivity contribution in [1.82, 2.24) is 14.7 Å². The summed E-state index contributed by atoms with van der Waals surface area (Å²) in [5, 5.41) is 13.7. The summed E-state index contributed by atoms with van der Waals surface area (Å²) in [4.78, 5) is 25.7. The van der Waals surface area contributed by atoms with E-state index >= 15 is 0 Å². The summed E-state index contributed by atoms with van der Waals surface area (Å²) in [6, 6.07) is 6.11. The molecule has 0 spiro atoms. The largest absolute Gasteiger partial charge is 0.480 e. The van der Waals surface area contributed by atoms with E-state index in [0.717, 1.165) is 30.5 Å². The first-order valence-electron chi connectivity index (χ1n) is 9.24. The Kier molecular flexibility index (Phi) is 5.58. The van der Waals surface area contributed by atoms with E-state index in [9.17, 15) is 19.1 Å². The van der Waals surface area contributed by atoms with Gasteiger partial charge in [-0.05, 0) is 49.8 Å². The fourth-order valence-electron chi connectivity index (χ4n) is 3.57. The molecule has 0 aliphatic heterocycles. The van der Waals surface area contributed by atoms with Gasteiger partial charge in [0.25, 0.3) is 5.91 Å². The molecule has 6 nitrogen and oxygen atoms in total. The number of amides is 1. The van der Waals surface area contributed by atoms with Crippen LogP contribution < -0.4 is 0 Å². The van der Waals surface area contributed by atoms with Crippen LogP contribution in [0.5, 0.6) is 0 Å². The third-order valence-corrected chi connectivity index (χ3v) is 4.63.